The molecule has 8 heteroatoms. The second-order valence-corrected chi connectivity index (χ2v) is 9.66. The number of carbonyl (C=O) groups is 1. The number of benzene rings is 2. The number of nitrogens with one attached hydrogen (secondary N) is 1. The zero-order valence-corrected chi connectivity index (χ0v) is 17.6. The second kappa shape index (κ2) is 8.02. The van der Waals surface area contributed by atoms with Gasteiger partial charge < -0.3 is 5.32 Å². The predicted octanol–water partition coefficient (Wildman–Crippen LogP) is 4.57. The molecule has 2 aromatic carbocycles. The van der Waals surface area contributed by atoms with Gasteiger partial charge in [-0.3, -0.25) is 9.10 Å². The van der Waals surface area contributed by atoms with Crippen LogP contribution >= 0.6 is 22.9 Å². The van der Waals surface area contributed by atoms with Crippen molar-refractivity contribution >= 4 is 44.4 Å². The molecule has 2 heterocycles. The average molecular weight is 445 g/mol. The molecule has 5 nitrogen and oxygen atoms in total. The molecule has 1 N–H and O–H groups in total. The Bertz CT molecular complexity index is 1170. The van der Waals surface area contributed by atoms with E-state index < -0.39 is 15.8 Å². The van der Waals surface area contributed by atoms with Gasteiger partial charge in [0.25, 0.3) is 10.0 Å². The van der Waals surface area contributed by atoms with Gasteiger partial charge in [-0.05, 0) is 34.7 Å². The number of hydrogen-bond acceptors (Lipinski definition) is 5. The molecule has 1 aliphatic heterocycles. The summed E-state index contributed by atoms with van der Waals surface area (Å²) < 4.78 is 27.8. The Morgan fingerprint density at radius 2 is 1.72 bits per heavy atom. The van der Waals surface area contributed by atoms with Gasteiger partial charge in [-0.25, -0.2) is 8.42 Å². The standard InChI is InChI=1S/C21H17ClN2O3S2/c22-17-8-6-15(7-9-17)12-23-13-19-20(25)21-18(10-11-28-21)24(29(19,26)27)14-16-4-2-1-3-5-16/h1-11,13,23H,12,14H2. The number of allylic oxidation sites excluding steroid dienone is 1. The maximum absolute atomic E-state index is 13.3. The molecule has 0 bridgehead atoms. The monoisotopic (exact) mass is 444 g/mol. The molecule has 0 radical (unpaired) electrons. The molecule has 1 aromatic heterocycles. The molecule has 0 fully saturated rings. The highest BCUT2D eigenvalue weighted by atomic mass is 35.5. The number of sulfonamides is 1. The number of hydrogen-bond donors (Lipinski definition) is 1. The van der Waals surface area contributed by atoms with Crippen LogP contribution in [0.4, 0.5) is 5.69 Å². The molecule has 148 valence electrons. The van der Waals surface area contributed by atoms with Crippen LogP contribution in [0.3, 0.4) is 0 Å². The fraction of sp³-hybridized carbons (Fsp3) is 0.0952. The molecule has 0 aliphatic carbocycles. The second-order valence-electron chi connectivity index (χ2n) is 6.48. The Morgan fingerprint density at radius 1 is 1.00 bits per heavy atom. The third-order valence-corrected chi connectivity index (χ3v) is 7.45. The predicted molar refractivity (Wildman–Crippen MR) is 117 cm³/mol. The normalized spacial score (nSPS) is 16.7. The van der Waals surface area contributed by atoms with Gasteiger partial charge in [-0.1, -0.05) is 54.1 Å². The Labute approximate surface area is 178 Å². The minimum atomic E-state index is -3.99. The first-order chi connectivity index (χ1) is 14.0. The summed E-state index contributed by atoms with van der Waals surface area (Å²) in [6.45, 7) is 0.536. The Kier molecular flexibility index (Phi) is 5.45. The van der Waals surface area contributed by atoms with E-state index in [0.717, 1.165) is 11.1 Å². The minimum absolute atomic E-state index is 0.161. The first-order valence-corrected chi connectivity index (χ1v) is 11.5. The van der Waals surface area contributed by atoms with E-state index in [-0.39, 0.29) is 11.4 Å². The number of Topliss-reactive ketones (excluding diaryl/α,β-unsaturated/α-hetero) is 1. The van der Waals surface area contributed by atoms with E-state index >= 15 is 0 Å². The lowest BCUT2D eigenvalue weighted by Gasteiger charge is -2.29. The number of halogens is 1. The van der Waals surface area contributed by atoms with Crippen LogP contribution in [0.15, 0.2) is 77.1 Å². The van der Waals surface area contributed by atoms with Gasteiger partial charge in [0, 0.05) is 17.8 Å². The van der Waals surface area contributed by atoms with Crippen LogP contribution in [0.2, 0.25) is 5.02 Å². The van der Waals surface area contributed by atoms with Crippen molar-refractivity contribution in [1.29, 1.82) is 0 Å². The molecule has 29 heavy (non-hydrogen) atoms. The maximum Gasteiger partial charge on any atom is 0.270 e. The molecule has 0 unspecified atom stereocenters. The third kappa shape index (κ3) is 3.94. The van der Waals surface area contributed by atoms with Crippen molar-refractivity contribution in [1.82, 2.24) is 5.32 Å². The van der Waals surface area contributed by atoms with Crippen molar-refractivity contribution < 1.29 is 13.2 Å². The van der Waals surface area contributed by atoms with Gasteiger partial charge in [0.2, 0.25) is 5.78 Å². The van der Waals surface area contributed by atoms with Crippen LogP contribution in [0.25, 0.3) is 0 Å². The van der Waals surface area contributed by atoms with E-state index in [1.165, 1.54) is 21.8 Å². The smallest absolute Gasteiger partial charge is 0.270 e. The van der Waals surface area contributed by atoms with Crippen LogP contribution in [0.1, 0.15) is 20.8 Å². The first-order valence-electron chi connectivity index (χ1n) is 8.83. The number of fused-ring (bicyclic) bond motifs is 1. The lowest BCUT2D eigenvalue weighted by molar-refractivity contribution is 0.104. The first kappa shape index (κ1) is 19.7. The fourth-order valence-corrected chi connectivity index (χ4v) is 5.70. The summed E-state index contributed by atoms with van der Waals surface area (Å²) >= 11 is 7.13. The lowest BCUT2D eigenvalue weighted by atomic mass is 10.2. The van der Waals surface area contributed by atoms with E-state index in [2.05, 4.69) is 5.32 Å². The minimum Gasteiger partial charge on any atom is -0.386 e. The van der Waals surface area contributed by atoms with Crippen LogP contribution in [0.5, 0.6) is 0 Å². The summed E-state index contributed by atoms with van der Waals surface area (Å²) in [4.78, 5) is 13.0. The number of nitrogens with zero attached hydrogens (tertiary/aromatic N) is 1. The molecule has 1 aliphatic rings. The van der Waals surface area contributed by atoms with Crippen LogP contribution in [-0.4, -0.2) is 14.2 Å². The van der Waals surface area contributed by atoms with Crippen molar-refractivity contribution in [3.63, 3.8) is 0 Å². The van der Waals surface area contributed by atoms with E-state index in [4.69, 9.17) is 11.6 Å². The van der Waals surface area contributed by atoms with Crippen LogP contribution in [0, 0.1) is 0 Å². The zero-order valence-electron chi connectivity index (χ0n) is 15.2. The summed E-state index contributed by atoms with van der Waals surface area (Å²) in [6, 6.07) is 18.2. The lowest BCUT2D eigenvalue weighted by Crippen LogP contribution is -2.38. The van der Waals surface area contributed by atoms with Crippen molar-refractivity contribution in [3.8, 4) is 0 Å². The fourth-order valence-electron chi connectivity index (χ4n) is 3.07. The molecule has 0 atom stereocenters. The number of anilines is 1. The van der Waals surface area contributed by atoms with Gasteiger partial charge in [0.05, 0.1) is 12.2 Å². The van der Waals surface area contributed by atoms with Crippen molar-refractivity contribution in [2.24, 2.45) is 0 Å². The van der Waals surface area contributed by atoms with Gasteiger partial charge in [0.15, 0.2) is 4.91 Å². The van der Waals surface area contributed by atoms with Gasteiger partial charge in [-0.15, -0.1) is 11.3 Å². The van der Waals surface area contributed by atoms with Crippen molar-refractivity contribution in [3.05, 3.63) is 98.2 Å². The maximum atomic E-state index is 13.3. The summed E-state index contributed by atoms with van der Waals surface area (Å²) in [7, 11) is -3.99. The van der Waals surface area contributed by atoms with Gasteiger partial charge in [-0.2, -0.15) is 0 Å². The summed E-state index contributed by atoms with van der Waals surface area (Å²) in [6.07, 6.45) is 1.30. The summed E-state index contributed by atoms with van der Waals surface area (Å²) in [5, 5.41) is 5.32. The molecule has 4 rings (SSSR count). The number of ketones is 1. The number of carbonyl (C=O) groups excluding carboxylic acids is 1. The molecule has 0 saturated carbocycles. The van der Waals surface area contributed by atoms with E-state index in [9.17, 15) is 13.2 Å². The zero-order chi connectivity index (χ0) is 20.4. The molecule has 0 amide bonds. The quantitative estimate of drug-likeness (QED) is 0.585. The van der Waals surface area contributed by atoms with E-state index in [1.54, 1.807) is 23.6 Å². The number of thiophene rings is 1. The largest absolute Gasteiger partial charge is 0.386 e. The Hall–Kier alpha value is -2.61. The highest BCUT2D eigenvalue weighted by Crippen LogP contribution is 2.39. The average Bonchev–Trinajstić information content (AvgIpc) is 3.20. The highest BCUT2D eigenvalue weighted by molar-refractivity contribution is 7.97. The van der Waals surface area contributed by atoms with Gasteiger partial charge in [0.1, 0.15) is 4.88 Å². The van der Waals surface area contributed by atoms with Crippen molar-refractivity contribution in [2.75, 3.05) is 4.31 Å². The SMILES string of the molecule is O=C1C(=CNCc2ccc(Cl)cc2)S(=O)(=O)N(Cc2ccccc2)c2ccsc21. The van der Waals surface area contributed by atoms with Gasteiger partial charge >= 0.3 is 0 Å². The number of rotatable bonds is 5. The molecule has 3 aromatic rings. The molecular formula is C21H17ClN2O3S2. The molecule has 0 spiro atoms. The summed E-state index contributed by atoms with van der Waals surface area (Å²) in [5.74, 6) is -0.483. The van der Waals surface area contributed by atoms with Crippen LogP contribution < -0.4 is 9.62 Å². The summed E-state index contributed by atoms with van der Waals surface area (Å²) in [5.41, 5.74) is 2.19. The van der Waals surface area contributed by atoms with E-state index in [1.807, 2.05) is 42.5 Å². The molecular weight excluding hydrogens is 428 g/mol. The van der Waals surface area contributed by atoms with Crippen LogP contribution in [-0.2, 0) is 23.1 Å². The highest BCUT2D eigenvalue weighted by Gasteiger charge is 2.41. The third-order valence-electron chi connectivity index (χ3n) is 4.53. The van der Waals surface area contributed by atoms with Crippen molar-refractivity contribution in [2.45, 2.75) is 13.1 Å². The Balaban J connectivity index is 1.65. The topological polar surface area (TPSA) is 66.5 Å². The van der Waals surface area contributed by atoms with E-state index in [0.29, 0.717) is 22.1 Å². The molecule has 0 saturated heterocycles. The Morgan fingerprint density at radius 3 is 2.45 bits per heavy atom.